The largest absolute Gasteiger partial charge is 0.496 e. The number of nitro benzene ring substituents is 1. The Labute approximate surface area is 241 Å². The van der Waals surface area contributed by atoms with E-state index in [-0.39, 0.29) is 35.5 Å². The highest BCUT2D eigenvalue weighted by molar-refractivity contribution is 5.77. The summed E-state index contributed by atoms with van der Waals surface area (Å²) < 4.78 is 106. The van der Waals surface area contributed by atoms with E-state index in [4.69, 9.17) is 9.47 Å². The Morgan fingerprint density at radius 1 is 0.977 bits per heavy atom. The third kappa shape index (κ3) is 6.37. The predicted molar refractivity (Wildman–Crippen MR) is 140 cm³/mol. The molecule has 1 fully saturated rings. The maximum atomic E-state index is 14.7. The van der Waals surface area contributed by atoms with E-state index in [1.54, 1.807) is 13.8 Å². The highest BCUT2D eigenvalue weighted by Crippen LogP contribution is 2.43. The number of hydrogen-bond donors (Lipinski definition) is 0. The van der Waals surface area contributed by atoms with Gasteiger partial charge in [-0.3, -0.25) is 15.0 Å². The number of nitro groups is 1. The number of non-ortho nitro benzene ring substituents is 1. The van der Waals surface area contributed by atoms with E-state index < -0.39 is 58.0 Å². The Bertz CT molecular complexity index is 1540. The summed E-state index contributed by atoms with van der Waals surface area (Å²) in [5.41, 5.74) is -2.83. The van der Waals surface area contributed by atoms with Crippen molar-refractivity contribution >= 4 is 11.8 Å². The van der Waals surface area contributed by atoms with Gasteiger partial charge in [-0.05, 0) is 65.4 Å². The van der Waals surface area contributed by atoms with Crippen LogP contribution in [0.5, 0.6) is 5.75 Å². The van der Waals surface area contributed by atoms with Crippen LogP contribution in [-0.2, 0) is 23.6 Å². The molecule has 2 atom stereocenters. The van der Waals surface area contributed by atoms with Crippen molar-refractivity contribution in [2.75, 3.05) is 7.11 Å². The van der Waals surface area contributed by atoms with Crippen molar-refractivity contribution in [2.45, 2.75) is 57.7 Å². The predicted octanol–water partition coefficient (Wildman–Crippen LogP) is 8.65. The molecule has 0 N–H and O–H groups in total. The van der Waals surface area contributed by atoms with Gasteiger partial charge in [-0.2, -0.15) is 26.3 Å². The summed E-state index contributed by atoms with van der Waals surface area (Å²) in [5.74, 6) is -0.705. The molecule has 0 aromatic heterocycles. The number of carbonyl (C=O) groups is 1. The lowest BCUT2D eigenvalue weighted by Crippen LogP contribution is -2.31. The van der Waals surface area contributed by atoms with Crippen LogP contribution in [-0.4, -0.2) is 29.1 Å². The fourth-order valence-electron chi connectivity index (χ4n) is 4.97. The van der Waals surface area contributed by atoms with E-state index in [0.29, 0.717) is 28.8 Å². The van der Waals surface area contributed by atoms with Gasteiger partial charge >= 0.3 is 18.4 Å². The maximum Gasteiger partial charge on any atom is 0.416 e. The quantitative estimate of drug-likeness (QED) is 0.151. The molecule has 1 aliphatic rings. The summed E-state index contributed by atoms with van der Waals surface area (Å²) >= 11 is 0. The van der Waals surface area contributed by atoms with Gasteiger partial charge in [0, 0.05) is 23.8 Å². The molecule has 1 saturated heterocycles. The molecule has 1 aliphatic heterocycles. The number of hydrogen-bond acceptors (Lipinski definition) is 5. The van der Waals surface area contributed by atoms with Crippen LogP contribution < -0.4 is 4.74 Å². The molecule has 14 heteroatoms. The molecular weight excluding hydrogens is 589 g/mol. The molecular formula is C29H25F7N2O5. The fraction of sp³-hybridized carbons (Fsp3) is 0.345. The Balaban J connectivity index is 1.80. The average molecular weight is 615 g/mol. The van der Waals surface area contributed by atoms with Crippen molar-refractivity contribution in [3.05, 3.63) is 92.3 Å². The second kappa shape index (κ2) is 11.4. The van der Waals surface area contributed by atoms with E-state index in [1.165, 1.54) is 38.3 Å². The van der Waals surface area contributed by atoms with Gasteiger partial charge in [-0.25, -0.2) is 9.18 Å². The Morgan fingerprint density at radius 3 is 2.09 bits per heavy atom. The second-order valence-corrected chi connectivity index (χ2v) is 10.3. The Morgan fingerprint density at radius 2 is 1.58 bits per heavy atom. The Hall–Kier alpha value is -4.36. The van der Waals surface area contributed by atoms with Gasteiger partial charge in [0.1, 0.15) is 17.7 Å². The minimum Gasteiger partial charge on any atom is -0.496 e. The number of ether oxygens (including phenoxy) is 2. The number of halogens is 7. The molecule has 0 spiro atoms. The first kappa shape index (κ1) is 31.6. The highest BCUT2D eigenvalue weighted by atomic mass is 19.4. The van der Waals surface area contributed by atoms with Gasteiger partial charge in [-0.1, -0.05) is 13.8 Å². The standard InChI is InChI=1S/C29H25F7N2O5/c1-14(2)22-11-23(25(42-4)12-24(22)30)21-6-5-20(38(40)41)9-17(21)13-37-15(3)26(43-27(37)39)16-7-18(28(31,32)33)10-19(8-16)29(34,35)36/h5-12,14-15,26H,13H2,1-4H3/t15-,26-/m0/s1. The molecule has 0 aliphatic carbocycles. The van der Waals surface area contributed by atoms with E-state index in [0.717, 1.165) is 11.0 Å². The topological polar surface area (TPSA) is 81.9 Å². The number of carbonyl (C=O) groups excluding carboxylic acids is 1. The first-order chi connectivity index (χ1) is 19.9. The van der Waals surface area contributed by atoms with Crippen LogP contribution in [0.3, 0.4) is 0 Å². The number of alkyl halides is 6. The van der Waals surface area contributed by atoms with Crippen molar-refractivity contribution in [3.8, 4) is 16.9 Å². The lowest BCUT2D eigenvalue weighted by Gasteiger charge is -2.24. The molecule has 0 unspecified atom stereocenters. The molecule has 230 valence electrons. The van der Waals surface area contributed by atoms with Gasteiger partial charge in [0.05, 0.1) is 35.7 Å². The number of amides is 1. The monoisotopic (exact) mass is 614 g/mol. The third-order valence-corrected chi connectivity index (χ3v) is 7.20. The first-order valence-corrected chi connectivity index (χ1v) is 12.8. The zero-order chi connectivity index (χ0) is 32.0. The van der Waals surface area contributed by atoms with Gasteiger partial charge in [0.25, 0.3) is 5.69 Å². The van der Waals surface area contributed by atoms with Crippen LogP contribution in [0.4, 0.5) is 41.2 Å². The van der Waals surface area contributed by atoms with Crippen molar-refractivity contribution in [1.82, 2.24) is 4.90 Å². The fourth-order valence-corrected chi connectivity index (χ4v) is 4.97. The molecule has 3 aromatic rings. The van der Waals surface area contributed by atoms with Crippen LogP contribution in [0, 0.1) is 15.9 Å². The van der Waals surface area contributed by atoms with E-state index >= 15 is 0 Å². The van der Waals surface area contributed by atoms with Crippen molar-refractivity contribution in [2.24, 2.45) is 0 Å². The van der Waals surface area contributed by atoms with Gasteiger partial charge in [0.2, 0.25) is 0 Å². The molecule has 7 nitrogen and oxygen atoms in total. The summed E-state index contributed by atoms with van der Waals surface area (Å²) in [6.45, 7) is 4.50. The van der Waals surface area contributed by atoms with Crippen LogP contribution in [0.1, 0.15) is 60.6 Å². The smallest absolute Gasteiger partial charge is 0.416 e. The Kier molecular flexibility index (Phi) is 8.35. The van der Waals surface area contributed by atoms with Crippen LogP contribution in [0.25, 0.3) is 11.1 Å². The number of nitrogens with zero attached hydrogens (tertiary/aromatic N) is 2. The van der Waals surface area contributed by atoms with E-state index in [2.05, 4.69) is 0 Å². The third-order valence-electron chi connectivity index (χ3n) is 7.20. The van der Waals surface area contributed by atoms with Gasteiger partial charge < -0.3 is 9.47 Å². The first-order valence-electron chi connectivity index (χ1n) is 12.8. The van der Waals surface area contributed by atoms with Crippen LogP contribution >= 0.6 is 0 Å². The number of methoxy groups -OCH3 is 1. The van der Waals surface area contributed by atoms with E-state index in [1.807, 2.05) is 0 Å². The molecule has 1 amide bonds. The van der Waals surface area contributed by atoms with Crippen molar-refractivity contribution < 1.29 is 49.9 Å². The molecule has 4 rings (SSSR count). The van der Waals surface area contributed by atoms with Crippen molar-refractivity contribution in [1.29, 1.82) is 0 Å². The minimum atomic E-state index is -5.11. The molecule has 0 saturated carbocycles. The lowest BCUT2D eigenvalue weighted by molar-refractivity contribution is -0.384. The van der Waals surface area contributed by atoms with Crippen molar-refractivity contribution in [3.63, 3.8) is 0 Å². The normalized spacial score (nSPS) is 17.4. The number of cyclic esters (lactones) is 1. The summed E-state index contributed by atoms with van der Waals surface area (Å²) in [6.07, 6.45) is -12.8. The van der Waals surface area contributed by atoms with Crippen LogP contribution in [0.2, 0.25) is 0 Å². The number of benzene rings is 3. The maximum absolute atomic E-state index is 14.7. The zero-order valence-corrected chi connectivity index (χ0v) is 23.1. The van der Waals surface area contributed by atoms with Gasteiger partial charge in [-0.15, -0.1) is 0 Å². The summed E-state index contributed by atoms with van der Waals surface area (Å²) in [4.78, 5) is 24.9. The molecule has 1 heterocycles. The molecule has 0 bridgehead atoms. The highest BCUT2D eigenvalue weighted by Gasteiger charge is 2.43. The minimum absolute atomic E-state index is 0.0282. The van der Waals surface area contributed by atoms with E-state index in [9.17, 15) is 45.6 Å². The summed E-state index contributed by atoms with van der Waals surface area (Å²) in [7, 11) is 1.30. The molecule has 43 heavy (non-hydrogen) atoms. The SMILES string of the molecule is COc1cc(F)c(C(C)C)cc1-c1ccc([N+](=O)[O-])cc1CN1C(=O)O[C@H](c2cc(C(F)(F)F)cc(C(F)(F)F)c2)[C@@H]1C. The average Bonchev–Trinajstić information content (AvgIpc) is 3.19. The van der Waals surface area contributed by atoms with Crippen LogP contribution in [0.15, 0.2) is 48.5 Å². The summed E-state index contributed by atoms with van der Waals surface area (Å²) in [6, 6.07) is 6.29. The zero-order valence-electron chi connectivity index (χ0n) is 23.1. The lowest BCUT2D eigenvalue weighted by atomic mass is 9.92. The number of rotatable bonds is 7. The van der Waals surface area contributed by atoms with Gasteiger partial charge in [0.15, 0.2) is 0 Å². The molecule has 3 aromatic carbocycles. The summed E-state index contributed by atoms with van der Waals surface area (Å²) in [5, 5.41) is 11.6. The second-order valence-electron chi connectivity index (χ2n) is 10.3. The molecule has 0 radical (unpaired) electrons.